The summed E-state index contributed by atoms with van der Waals surface area (Å²) in [6.07, 6.45) is 1.58. The van der Waals surface area contributed by atoms with Crippen molar-refractivity contribution in [3.05, 3.63) is 29.8 Å². The molecule has 3 N–H and O–H groups in total. The summed E-state index contributed by atoms with van der Waals surface area (Å²) in [5.41, 5.74) is -0.108. The molecule has 1 aromatic rings. The summed E-state index contributed by atoms with van der Waals surface area (Å²) in [5, 5.41) is 14.5. The molecule has 0 bridgehead atoms. The molecule has 1 heterocycles. The standard InChI is InChI=1S/C14H19F2N3O2/c15-10-3-4-13(12(16)7-10)18-14(21)17-8-11(20)9-19-5-1-2-6-19/h3-4,7,11,20H,1-2,5-6,8-9H2,(H2,17,18,21). The summed E-state index contributed by atoms with van der Waals surface area (Å²) in [4.78, 5) is 13.7. The molecule has 0 aromatic heterocycles. The third kappa shape index (κ3) is 4.95. The number of aliphatic hydroxyl groups excluding tert-OH is 1. The fourth-order valence-electron chi connectivity index (χ4n) is 2.30. The molecule has 1 atom stereocenters. The maximum atomic E-state index is 13.3. The predicted molar refractivity (Wildman–Crippen MR) is 75.1 cm³/mol. The average Bonchev–Trinajstić information content (AvgIpc) is 2.92. The van der Waals surface area contributed by atoms with Crippen LogP contribution < -0.4 is 10.6 Å². The number of nitrogens with zero attached hydrogens (tertiary/aromatic N) is 1. The zero-order chi connectivity index (χ0) is 15.2. The highest BCUT2D eigenvalue weighted by molar-refractivity contribution is 5.89. The van der Waals surface area contributed by atoms with Gasteiger partial charge in [-0.1, -0.05) is 0 Å². The second-order valence-corrected chi connectivity index (χ2v) is 5.12. The van der Waals surface area contributed by atoms with Gasteiger partial charge in [-0.2, -0.15) is 0 Å². The van der Waals surface area contributed by atoms with Crippen LogP contribution in [0.1, 0.15) is 12.8 Å². The number of hydrogen-bond acceptors (Lipinski definition) is 3. The first-order valence-electron chi connectivity index (χ1n) is 6.95. The van der Waals surface area contributed by atoms with Crippen molar-refractivity contribution in [2.24, 2.45) is 0 Å². The van der Waals surface area contributed by atoms with Crippen LogP contribution in [0.4, 0.5) is 19.3 Å². The van der Waals surface area contributed by atoms with E-state index in [1.54, 1.807) is 0 Å². The Morgan fingerprint density at radius 1 is 1.33 bits per heavy atom. The average molecular weight is 299 g/mol. The van der Waals surface area contributed by atoms with Gasteiger partial charge in [0.05, 0.1) is 11.8 Å². The molecule has 0 spiro atoms. The number of benzene rings is 1. The SMILES string of the molecule is O=C(NCC(O)CN1CCCC1)Nc1ccc(F)cc1F. The van der Waals surface area contributed by atoms with Gasteiger partial charge < -0.3 is 20.6 Å². The van der Waals surface area contributed by atoms with Gasteiger partial charge in [-0.3, -0.25) is 0 Å². The van der Waals surface area contributed by atoms with Gasteiger partial charge >= 0.3 is 6.03 Å². The minimum Gasteiger partial charge on any atom is -0.390 e. The van der Waals surface area contributed by atoms with Crippen molar-refractivity contribution in [3.63, 3.8) is 0 Å². The Kier molecular flexibility index (Phi) is 5.46. The van der Waals surface area contributed by atoms with Crippen molar-refractivity contribution in [3.8, 4) is 0 Å². The second kappa shape index (κ2) is 7.33. The summed E-state index contributed by atoms with van der Waals surface area (Å²) in [6.45, 7) is 2.50. The summed E-state index contributed by atoms with van der Waals surface area (Å²) in [5.74, 6) is -1.55. The highest BCUT2D eigenvalue weighted by Gasteiger charge is 2.16. The minimum absolute atomic E-state index is 0.0746. The van der Waals surface area contributed by atoms with Gasteiger partial charge in [0.25, 0.3) is 0 Å². The third-order valence-electron chi connectivity index (χ3n) is 3.35. The molecule has 0 saturated carbocycles. The van der Waals surface area contributed by atoms with E-state index < -0.39 is 23.8 Å². The summed E-state index contributed by atoms with van der Waals surface area (Å²) in [7, 11) is 0. The van der Waals surface area contributed by atoms with E-state index in [2.05, 4.69) is 15.5 Å². The lowest BCUT2D eigenvalue weighted by Gasteiger charge is -2.19. The van der Waals surface area contributed by atoms with Crippen molar-refractivity contribution < 1.29 is 18.7 Å². The molecule has 1 saturated heterocycles. The maximum Gasteiger partial charge on any atom is 0.319 e. The molecule has 7 heteroatoms. The van der Waals surface area contributed by atoms with Crippen molar-refractivity contribution in [2.45, 2.75) is 18.9 Å². The van der Waals surface area contributed by atoms with Gasteiger partial charge in [-0.25, -0.2) is 13.6 Å². The van der Waals surface area contributed by atoms with E-state index in [1.165, 1.54) is 0 Å². The number of carbonyl (C=O) groups excluding carboxylic acids is 1. The van der Waals surface area contributed by atoms with E-state index in [-0.39, 0.29) is 12.2 Å². The lowest BCUT2D eigenvalue weighted by Crippen LogP contribution is -2.40. The smallest absolute Gasteiger partial charge is 0.319 e. The highest BCUT2D eigenvalue weighted by Crippen LogP contribution is 2.14. The molecular weight excluding hydrogens is 280 g/mol. The van der Waals surface area contributed by atoms with Crippen LogP contribution in [0.15, 0.2) is 18.2 Å². The monoisotopic (exact) mass is 299 g/mol. The number of urea groups is 1. The molecule has 1 unspecified atom stereocenters. The molecule has 21 heavy (non-hydrogen) atoms. The van der Waals surface area contributed by atoms with E-state index in [9.17, 15) is 18.7 Å². The van der Waals surface area contributed by atoms with Crippen LogP contribution in [0.25, 0.3) is 0 Å². The lowest BCUT2D eigenvalue weighted by molar-refractivity contribution is 0.125. The topological polar surface area (TPSA) is 64.6 Å². The lowest BCUT2D eigenvalue weighted by atomic mass is 10.3. The Balaban J connectivity index is 1.73. The first-order valence-corrected chi connectivity index (χ1v) is 6.95. The van der Waals surface area contributed by atoms with Crippen LogP contribution in [-0.4, -0.2) is 48.3 Å². The second-order valence-electron chi connectivity index (χ2n) is 5.12. The Morgan fingerprint density at radius 2 is 2.05 bits per heavy atom. The molecule has 1 aliphatic rings. The van der Waals surface area contributed by atoms with E-state index in [0.717, 1.165) is 38.1 Å². The highest BCUT2D eigenvalue weighted by atomic mass is 19.1. The molecule has 0 radical (unpaired) electrons. The fourth-order valence-corrected chi connectivity index (χ4v) is 2.30. The number of β-amino-alcohol motifs (C(OH)–C–C–N with tert-alkyl or cyclic N) is 1. The Labute approximate surface area is 121 Å². The van der Waals surface area contributed by atoms with Crippen LogP contribution in [0.3, 0.4) is 0 Å². The largest absolute Gasteiger partial charge is 0.390 e. The Hall–Kier alpha value is -1.73. The number of anilines is 1. The quantitative estimate of drug-likeness (QED) is 0.773. The van der Waals surface area contributed by atoms with Crippen LogP contribution in [0.2, 0.25) is 0 Å². The van der Waals surface area contributed by atoms with Crippen LogP contribution >= 0.6 is 0 Å². The summed E-state index contributed by atoms with van der Waals surface area (Å²) < 4.78 is 26.1. The van der Waals surface area contributed by atoms with Gasteiger partial charge in [0.1, 0.15) is 11.6 Å². The summed E-state index contributed by atoms with van der Waals surface area (Å²) >= 11 is 0. The number of hydrogen-bond donors (Lipinski definition) is 3. The minimum atomic E-state index is -0.845. The van der Waals surface area contributed by atoms with Crippen LogP contribution in [0.5, 0.6) is 0 Å². The van der Waals surface area contributed by atoms with Crippen molar-refractivity contribution in [2.75, 3.05) is 31.5 Å². The third-order valence-corrected chi connectivity index (χ3v) is 3.35. The van der Waals surface area contributed by atoms with E-state index >= 15 is 0 Å². The van der Waals surface area contributed by atoms with Gasteiger partial charge in [0.15, 0.2) is 0 Å². The summed E-state index contributed by atoms with van der Waals surface area (Å²) in [6, 6.07) is 2.25. The van der Waals surface area contributed by atoms with Gasteiger partial charge in [-0.05, 0) is 38.1 Å². The van der Waals surface area contributed by atoms with Crippen LogP contribution in [0, 0.1) is 11.6 Å². The molecule has 0 aliphatic carbocycles. The molecule has 2 rings (SSSR count). The fraction of sp³-hybridized carbons (Fsp3) is 0.500. The molecule has 1 aromatic carbocycles. The number of aliphatic hydroxyl groups is 1. The molecular formula is C14H19F2N3O2. The number of halogens is 2. The zero-order valence-corrected chi connectivity index (χ0v) is 11.6. The Bertz CT molecular complexity index is 493. The maximum absolute atomic E-state index is 13.3. The number of carbonyl (C=O) groups is 1. The van der Waals surface area contributed by atoms with Crippen molar-refractivity contribution in [1.29, 1.82) is 0 Å². The molecule has 1 fully saturated rings. The van der Waals surface area contributed by atoms with Gasteiger partial charge in [-0.15, -0.1) is 0 Å². The van der Waals surface area contributed by atoms with Crippen molar-refractivity contribution in [1.82, 2.24) is 10.2 Å². The number of likely N-dealkylation sites (tertiary alicyclic amines) is 1. The number of rotatable bonds is 5. The zero-order valence-electron chi connectivity index (χ0n) is 11.6. The normalized spacial score (nSPS) is 16.7. The van der Waals surface area contributed by atoms with E-state index in [1.807, 2.05) is 0 Å². The van der Waals surface area contributed by atoms with Gasteiger partial charge in [0.2, 0.25) is 0 Å². The molecule has 5 nitrogen and oxygen atoms in total. The number of nitrogens with one attached hydrogen (secondary N) is 2. The van der Waals surface area contributed by atoms with Gasteiger partial charge in [0, 0.05) is 19.2 Å². The van der Waals surface area contributed by atoms with Crippen molar-refractivity contribution >= 4 is 11.7 Å². The molecule has 116 valence electrons. The van der Waals surface area contributed by atoms with E-state index in [0.29, 0.717) is 12.6 Å². The molecule has 1 aliphatic heterocycles. The van der Waals surface area contributed by atoms with E-state index in [4.69, 9.17) is 0 Å². The molecule has 2 amide bonds. The number of amides is 2. The first-order chi connectivity index (χ1) is 10.0. The first kappa shape index (κ1) is 15.7. The van der Waals surface area contributed by atoms with Crippen LogP contribution in [-0.2, 0) is 0 Å². The Morgan fingerprint density at radius 3 is 2.71 bits per heavy atom. The predicted octanol–water partition coefficient (Wildman–Crippen LogP) is 1.54.